The molecule has 0 saturated carbocycles. The maximum Gasteiger partial charge on any atom is 0.162 e. The van der Waals surface area contributed by atoms with E-state index >= 15 is 0 Å². The SMILES string of the molecule is COc1cc(Cl)c(NCc2ccccc2C#N)cc1OC. The number of nitrogens with one attached hydrogen (secondary N) is 1. The van der Waals surface area contributed by atoms with Gasteiger partial charge in [0.05, 0.1) is 36.6 Å². The molecule has 1 N–H and O–H groups in total. The molecule has 2 aromatic carbocycles. The fourth-order valence-corrected chi connectivity index (χ4v) is 2.18. The topological polar surface area (TPSA) is 54.3 Å². The van der Waals surface area contributed by atoms with E-state index in [1.54, 1.807) is 32.4 Å². The number of nitriles is 1. The summed E-state index contributed by atoms with van der Waals surface area (Å²) in [7, 11) is 3.13. The summed E-state index contributed by atoms with van der Waals surface area (Å²) in [5, 5.41) is 12.8. The second kappa shape index (κ2) is 6.87. The van der Waals surface area contributed by atoms with Crippen molar-refractivity contribution < 1.29 is 9.47 Å². The van der Waals surface area contributed by atoms with E-state index < -0.39 is 0 Å². The lowest BCUT2D eigenvalue weighted by Gasteiger charge is -2.13. The van der Waals surface area contributed by atoms with Crippen molar-refractivity contribution in [2.24, 2.45) is 0 Å². The standard InChI is InChI=1S/C16H15ClN2O2/c1-20-15-7-13(17)14(8-16(15)21-2)19-10-12-6-4-3-5-11(12)9-18/h3-8,19H,10H2,1-2H3. The highest BCUT2D eigenvalue weighted by Gasteiger charge is 2.10. The second-order valence-electron chi connectivity index (χ2n) is 4.31. The average Bonchev–Trinajstić information content (AvgIpc) is 2.53. The molecule has 0 aliphatic heterocycles. The normalized spacial score (nSPS) is 9.81. The van der Waals surface area contributed by atoms with Crippen LogP contribution in [0.15, 0.2) is 36.4 Å². The first kappa shape index (κ1) is 15.0. The van der Waals surface area contributed by atoms with Crippen molar-refractivity contribution in [1.82, 2.24) is 0 Å². The lowest BCUT2D eigenvalue weighted by atomic mass is 10.1. The number of hydrogen-bond donors (Lipinski definition) is 1. The molecule has 0 bridgehead atoms. The van der Waals surface area contributed by atoms with Crippen LogP contribution in [0.5, 0.6) is 11.5 Å². The number of nitrogens with zero attached hydrogens (tertiary/aromatic N) is 1. The molecule has 0 aliphatic carbocycles. The summed E-state index contributed by atoms with van der Waals surface area (Å²) in [5.41, 5.74) is 2.27. The summed E-state index contributed by atoms with van der Waals surface area (Å²) in [5.74, 6) is 1.17. The van der Waals surface area contributed by atoms with Gasteiger partial charge in [-0.25, -0.2) is 0 Å². The molecule has 21 heavy (non-hydrogen) atoms. The average molecular weight is 303 g/mol. The Kier molecular flexibility index (Phi) is 4.91. The Morgan fingerprint density at radius 1 is 1.14 bits per heavy atom. The van der Waals surface area contributed by atoms with Crippen LogP contribution in [0.2, 0.25) is 5.02 Å². The fraction of sp³-hybridized carbons (Fsp3) is 0.188. The maximum atomic E-state index is 9.08. The summed E-state index contributed by atoms with van der Waals surface area (Å²) in [6.07, 6.45) is 0. The van der Waals surface area contributed by atoms with Crippen molar-refractivity contribution in [2.75, 3.05) is 19.5 Å². The quantitative estimate of drug-likeness (QED) is 0.911. The molecule has 0 spiro atoms. The van der Waals surface area contributed by atoms with Gasteiger partial charge in [0.1, 0.15) is 0 Å². The van der Waals surface area contributed by atoms with Gasteiger partial charge in [0.15, 0.2) is 11.5 Å². The first-order chi connectivity index (χ1) is 10.2. The highest BCUT2D eigenvalue weighted by Crippen LogP contribution is 2.36. The Morgan fingerprint density at radius 2 is 1.81 bits per heavy atom. The van der Waals surface area contributed by atoms with E-state index in [2.05, 4.69) is 11.4 Å². The number of hydrogen-bond acceptors (Lipinski definition) is 4. The zero-order chi connectivity index (χ0) is 15.2. The predicted molar refractivity (Wildman–Crippen MR) is 83.0 cm³/mol. The molecule has 5 heteroatoms. The number of ether oxygens (including phenoxy) is 2. The van der Waals surface area contributed by atoms with Gasteiger partial charge in [-0.15, -0.1) is 0 Å². The predicted octanol–water partition coefficient (Wildman–Crippen LogP) is 3.84. The molecule has 108 valence electrons. The number of benzene rings is 2. The molecule has 0 atom stereocenters. The van der Waals surface area contributed by atoms with E-state index in [-0.39, 0.29) is 0 Å². The first-order valence-electron chi connectivity index (χ1n) is 6.33. The monoisotopic (exact) mass is 302 g/mol. The summed E-state index contributed by atoms with van der Waals surface area (Å²) in [4.78, 5) is 0. The summed E-state index contributed by atoms with van der Waals surface area (Å²) >= 11 is 6.21. The largest absolute Gasteiger partial charge is 0.493 e. The highest BCUT2D eigenvalue weighted by atomic mass is 35.5. The van der Waals surface area contributed by atoms with Gasteiger partial charge in [-0.2, -0.15) is 5.26 Å². The number of halogens is 1. The molecule has 4 nitrogen and oxygen atoms in total. The molecule has 0 aromatic heterocycles. The van der Waals surface area contributed by atoms with Gasteiger partial charge in [-0.1, -0.05) is 29.8 Å². The van der Waals surface area contributed by atoms with Gasteiger partial charge in [0, 0.05) is 18.7 Å². The van der Waals surface area contributed by atoms with Crippen LogP contribution in [0, 0.1) is 11.3 Å². The smallest absolute Gasteiger partial charge is 0.162 e. The van der Waals surface area contributed by atoms with Crippen LogP contribution in [0.4, 0.5) is 5.69 Å². The summed E-state index contributed by atoms with van der Waals surface area (Å²) in [6, 6.07) is 13.1. The molecule has 0 unspecified atom stereocenters. The lowest BCUT2D eigenvalue weighted by molar-refractivity contribution is 0.355. The van der Waals surface area contributed by atoms with E-state index in [1.807, 2.05) is 18.2 Å². The minimum absolute atomic E-state index is 0.499. The third-order valence-corrected chi connectivity index (χ3v) is 3.39. The molecule has 0 radical (unpaired) electrons. The minimum atomic E-state index is 0.499. The van der Waals surface area contributed by atoms with E-state index in [4.69, 9.17) is 26.3 Å². The third-order valence-electron chi connectivity index (χ3n) is 3.08. The van der Waals surface area contributed by atoms with Crippen LogP contribution in [0.1, 0.15) is 11.1 Å². The Hall–Kier alpha value is -2.38. The Balaban J connectivity index is 2.22. The van der Waals surface area contributed by atoms with E-state index in [0.29, 0.717) is 28.6 Å². The zero-order valence-electron chi connectivity index (χ0n) is 11.8. The molecular weight excluding hydrogens is 288 g/mol. The third kappa shape index (κ3) is 3.39. The zero-order valence-corrected chi connectivity index (χ0v) is 12.6. The van der Waals surface area contributed by atoms with Crippen LogP contribution < -0.4 is 14.8 Å². The fourth-order valence-electron chi connectivity index (χ4n) is 1.96. The van der Waals surface area contributed by atoms with E-state index in [1.165, 1.54) is 0 Å². The van der Waals surface area contributed by atoms with Gasteiger partial charge >= 0.3 is 0 Å². The van der Waals surface area contributed by atoms with E-state index in [0.717, 1.165) is 11.3 Å². The number of methoxy groups -OCH3 is 2. The van der Waals surface area contributed by atoms with Crippen molar-refractivity contribution in [1.29, 1.82) is 5.26 Å². The van der Waals surface area contributed by atoms with Gasteiger partial charge in [0.2, 0.25) is 0 Å². The van der Waals surface area contributed by atoms with Gasteiger partial charge in [0.25, 0.3) is 0 Å². The molecule has 2 rings (SSSR count). The van der Waals surface area contributed by atoms with Crippen LogP contribution in [-0.4, -0.2) is 14.2 Å². The molecule has 2 aromatic rings. The minimum Gasteiger partial charge on any atom is -0.493 e. The maximum absolute atomic E-state index is 9.08. The number of rotatable bonds is 5. The van der Waals surface area contributed by atoms with Crippen molar-refractivity contribution in [3.63, 3.8) is 0 Å². The second-order valence-corrected chi connectivity index (χ2v) is 4.72. The molecular formula is C16H15ClN2O2. The van der Waals surface area contributed by atoms with Gasteiger partial charge < -0.3 is 14.8 Å². The highest BCUT2D eigenvalue weighted by molar-refractivity contribution is 6.33. The Morgan fingerprint density at radius 3 is 2.48 bits per heavy atom. The van der Waals surface area contributed by atoms with Crippen molar-refractivity contribution in [3.05, 3.63) is 52.5 Å². The Bertz CT molecular complexity index is 680. The molecule has 0 saturated heterocycles. The first-order valence-corrected chi connectivity index (χ1v) is 6.70. The number of anilines is 1. The summed E-state index contributed by atoms with van der Waals surface area (Å²) in [6.45, 7) is 0.499. The van der Waals surface area contributed by atoms with Crippen LogP contribution in [-0.2, 0) is 6.54 Å². The molecule has 0 aliphatic rings. The van der Waals surface area contributed by atoms with Crippen molar-refractivity contribution in [3.8, 4) is 17.6 Å². The van der Waals surface area contributed by atoms with E-state index in [9.17, 15) is 0 Å². The van der Waals surface area contributed by atoms with Crippen LogP contribution >= 0.6 is 11.6 Å². The van der Waals surface area contributed by atoms with Crippen LogP contribution in [0.25, 0.3) is 0 Å². The Labute approximate surface area is 128 Å². The van der Waals surface area contributed by atoms with Gasteiger partial charge in [-0.3, -0.25) is 0 Å². The molecule has 0 heterocycles. The van der Waals surface area contributed by atoms with Crippen LogP contribution in [0.3, 0.4) is 0 Å². The van der Waals surface area contributed by atoms with Gasteiger partial charge in [-0.05, 0) is 11.6 Å². The summed E-state index contributed by atoms with van der Waals surface area (Å²) < 4.78 is 10.4. The van der Waals surface area contributed by atoms with Crippen molar-refractivity contribution >= 4 is 17.3 Å². The molecule has 0 fully saturated rings. The lowest BCUT2D eigenvalue weighted by Crippen LogP contribution is -2.03. The molecule has 0 amide bonds. The van der Waals surface area contributed by atoms with Crippen molar-refractivity contribution in [2.45, 2.75) is 6.54 Å².